The normalized spacial score (nSPS) is 19.7. The van der Waals surface area contributed by atoms with E-state index in [1.54, 1.807) is 7.11 Å². The van der Waals surface area contributed by atoms with Crippen molar-refractivity contribution in [1.82, 2.24) is 14.9 Å². The van der Waals surface area contributed by atoms with Crippen molar-refractivity contribution in [2.75, 3.05) is 12.0 Å². The van der Waals surface area contributed by atoms with Gasteiger partial charge in [0.2, 0.25) is 0 Å². The number of nitrogens with zero attached hydrogens (tertiary/aromatic N) is 3. The second-order valence-electron chi connectivity index (χ2n) is 9.60. The molecule has 7 heteroatoms. The zero-order valence-corrected chi connectivity index (χ0v) is 21.6. The van der Waals surface area contributed by atoms with Gasteiger partial charge in [0, 0.05) is 30.3 Å². The van der Waals surface area contributed by atoms with Gasteiger partial charge in [0.25, 0.3) is 0 Å². The number of benzene rings is 2. The quantitative estimate of drug-likeness (QED) is 0.271. The summed E-state index contributed by atoms with van der Waals surface area (Å²) in [5, 5.41) is 4.25. The van der Waals surface area contributed by atoms with Gasteiger partial charge >= 0.3 is 0 Å². The fraction of sp³-hybridized carbons (Fsp3) is 0.267. The van der Waals surface area contributed by atoms with Gasteiger partial charge in [0.15, 0.2) is 5.11 Å². The molecule has 2 atom stereocenters. The zero-order valence-electron chi connectivity index (χ0n) is 20.8. The summed E-state index contributed by atoms with van der Waals surface area (Å²) in [6.07, 6.45) is 11.5. The van der Waals surface area contributed by atoms with Crippen molar-refractivity contribution in [1.29, 1.82) is 0 Å². The third-order valence-corrected chi connectivity index (χ3v) is 7.65. The van der Waals surface area contributed by atoms with E-state index in [1.165, 1.54) is 31.2 Å². The van der Waals surface area contributed by atoms with Crippen LogP contribution in [0.5, 0.6) is 17.2 Å². The highest BCUT2D eigenvalue weighted by Crippen LogP contribution is 2.43. The van der Waals surface area contributed by atoms with E-state index in [1.807, 2.05) is 54.7 Å². The second kappa shape index (κ2) is 10.3. The summed E-state index contributed by atoms with van der Waals surface area (Å²) < 4.78 is 13.7. The predicted molar refractivity (Wildman–Crippen MR) is 149 cm³/mol. The Bertz CT molecular complexity index is 1350. The van der Waals surface area contributed by atoms with Crippen LogP contribution in [0.25, 0.3) is 0 Å². The number of aromatic nitrogens is 2. The van der Waals surface area contributed by atoms with E-state index in [0.29, 0.717) is 11.2 Å². The van der Waals surface area contributed by atoms with Crippen molar-refractivity contribution < 1.29 is 9.47 Å². The van der Waals surface area contributed by atoms with E-state index in [2.05, 4.69) is 56.4 Å². The third-order valence-electron chi connectivity index (χ3n) is 7.33. The molecule has 1 saturated carbocycles. The van der Waals surface area contributed by atoms with E-state index >= 15 is 0 Å². The number of rotatable bonds is 7. The minimum Gasteiger partial charge on any atom is -0.497 e. The largest absolute Gasteiger partial charge is 0.497 e. The predicted octanol–water partition coefficient (Wildman–Crippen LogP) is 6.98. The van der Waals surface area contributed by atoms with Crippen molar-refractivity contribution in [3.63, 3.8) is 0 Å². The standard InChI is InChI=1S/C30H30N4O2S/c1-35-24-13-15-26(16-14-24)36-25-11-9-23(10-12-25)34-29(21-17-19-33(20-21)22-6-2-3-7-22)28(32-30(34)37)27-8-4-5-18-31-27/h4-5,8-20,22,28-29H,2-3,6-7H2,1H3,(H,32,37)/t28-,29+/m1/s1. The van der Waals surface area contributed by atoms with Gasteiger partial charge in [-0.05, 0) is 97.4 Å². The van der Waals surface area contributed by atoms with Crippen LogP contribution in [0.2, 0.25) is 0 Å². The smallest absolute Gasteiger partial charge is 0.174 e. The van der Waals surface area contributed by atoms with E-state index in [0.717, 1.165) is 28.6 Å². The molecule has 1 aliphatic heterocycles. The maximum absolute atomic E-state index is 6.05. The molecule has 1 N–H and O–H groups in total. The molecule has 3 heterocycles. The van der Waals surface area contributed by atoms with Crippen molar-refractivity contribution in [2.24, 2.45) is 0 Å². The number of hydrogen-bond acceptors (Lipinski definition) is 4. The van der Waals surface area contributed by atoms with Crippen LogP contribution in [0.4, 0.5) is 5.69 Å². The van der Waals surface area contributed by atoms with Gasteiger partial charge in [-0.2, -0.15) is 0 Å². The van der Waals surface area contributed by atoms with Gasteiger partial charge in [-0.15, -0.1) is 0 Å². The van der Waals surface area contributed by atoms with Crippen LogP contribution in [0.3, 0.4) is 0 Å². The maximum Gasteiger partial charge on any atom is 0.174 e. The van der Waals surface area contributed by atoms with Gasteiger partial charge in [-0.25, -0.2) is 0 Å². The lowest BCUT2D eigenvalue weighted by atomic mass is 9.98. The van der Waals surface area contributed by atoms with Gasteiger partial charge < -0.3 is 24.3 Å². The van der Waals surface area contributed by atoms with Crippen LogP contribution in [0.15, 0.2) is 91.4 Å². The first-order valence-electron chi connectivity index (χ1n) is 12.8. The lowest BCUT2D eigenvalue weighted by Gasteiger charge is -2.27. The van der Waals surface area contributed by atoms with E-state index in [-0.39, 0.29) is 12.1 Å². The summed E-state index contributed by atoms with van der Waals surface area (Å²) in [4.78, 5) is 6.88. The second-order valence-corrected chi connectivity index (χ2v) is 9.99. The molecule has 2 aromatic heterocycles. The van der Waals surface area contributed by atoms with E-state index in [9.17, 15) is 0 Å². The number of pyridine rings is 1. The van der Waals surface area contributed by atoms with Crippen LogP contribution in [-0.2, 0) is 0 Å². The van der Waals surface area contributed by atoms with E-state index in [4.69, 9.17) is 21.7 Å². The Balaban J connectivity index is 1.30. The minimum absolute atomic E-state index is 0.0154. The summed E-state index contributed by atoms with van der Waals surface area (Å²) in [6.45, 7) is 0. The van der Waals surface area contributed by atoms with Gasteiger partial charge in [0.05, 0.1) is 24.9 Å². The topological polar surface area (TPSA) is 51.6 Å². The third kappa shape index (κ3) is 4.79. The van der Waals surface area contributed by atoms with Crippen LogP contribution in [0.1, 0.15) is 55.1 Å². The Kier molecular flexibility index (Phi) is 6.53. The lowest BCUT2D eigenvalue weighted by Crippen LogP contribution is -2.29. The Hall–Kier alpha value is -3.84. The molecule has 1 saturated heterocycles. The number of anilines is 1. The fourth-order valence-corrected chi connectivity index (χ4v) is 5.81. The SMILES string of the molecule is COc1ccc(Oc2ccc(N3C(=S)N[C@H](c4ccccn4)[C@@H]3c3ccn(C4CCCC4)c3)cc2)cc1. The first-order valence-corrected chi connectivity index (χ1v) is 13.2. The molecule has 37 heavy (non-hydrogen) atoms. The van der Waals surface area contributed by atoms with Crippen LogP contribution in [-0.4, -0.2) is 21.8 Å². The van der Waals surface area contributed by atoms with Crippen molar-refractivity contribution in [3.8, 4) is 17.2 Å². The van der Waals surface area contributed by atoms with Crippen molar-refractivity contribution in [2.45, 2.75) is 43.8 Å². The molecule has 2 aromatic carbocycles. The summed E-state index contributed by atoms with van der Waals surface area (Å²) in [5.74, 6) is 2.32. The lowest BCUT2D eigenvalue weighted by molar-refractivity contribution is 0.413. The number of nitrogens with one attached hydrogen (secondary N) is 1. The molecule has 188 valence electrons. The number of thiocarbonyl (C=S) groups is 1. The van der Waals surface area contributed by atoms with E-state index < -0.39 is 0 Å². The average Bonchev–Trinajstić information content (AvgIpc) is 3.70. The molecule has 2 aliphatic rings. The summed E-state index contributed by atoms with van der Waals surface area (Å²) in [5.41, 5.74) is 3.22. The monoisotopic (exact) mass is 510 g/mol. The fourth-order valence-electron chi connectivity index (χ4n) is 5.46. The minimum atomic E-state index is -0.0525. The molecule has 1 aliphatic carbocycles. The highest BCUT2D eigenvalue weighted by Gasteiger charge is 2.41. The summed E-state index contributed by atoms with van der Waals surface area (Å²) in [6, 6.07) is 24.5. The molecule has 2 fully saturated rings. The zero-order chi connectivity index (χ0) is 25.2. The molecule has 0 radical (unpaired) electrons. The highest BCUT2D eigenvalue weighted by molar-refractivity contribution is 7.80. The highest BCUT2D eigenvalue weighted by atomic mass is 32.1. The number of ether oxygens (including phenoxy) is 2. The molecule has 6 rings (SSSR count). The Morgan fingerprint density at radius 3 is 2.27 bits per heavy atom. The number of methoxy groups -OCH3 is 1. The molecule has 0 unspecified atom stereocenters. The van der Waals surface area contributed by atoms with Crippen molar-refractivity contribution >= 4 is 23.0 Å². The van der Waals surface area contributed by atoms with Gasteiger partial charge in [0.1, 0.15) is 17.2 Å². The molecule has 4 aromatic rings. The summed E-state index contributed by atoms with van der Waals surface area (Å²) >= 11 is 5.89. The maximum atomic E-state index is 6.05. The molecule has 0 bridgehead atoms. The summed E-state index contributed by atoms with van der Waals surface area (Å²) in [7, 11) is 1.65. The number of hydrogen-bond donors (Lipinski definition) is 1. The molecule has 0 amide bonds. The Morgan fingerprint density at radius 2 is 1.59 bits per heavy atom. The molecule has 0 spiro atoms. The molecular weight excluding hydrogens is 480 g/mol. The van der Waals surface area contributed by atoms with Crippen LogP contribution >= 0.6 is 12.2 Å². The van der Waals surface area contributed by atoms with Crippen molar-refractivity contribution in [3.05, 3.63) is 103 Å². The molecule has 6 nitrogen and oxygen atoms in total. The van der Waals surface area contributed by atoms with Gasteiger partial charge in [-0.3, -0.25) is 4.98 Å². The Labute approximate surface area is 222 Å². The van der Waals surface area contributed by atoms with Crippen LogP contribution in [0, 0.1) is 0 Å². The first kappa shape index (κ1) is 23.6. The van der Waals surface area contributed by atoms with Crippen LogP contribution < -0.4 is 19.7 Å². The van der Waals surface area contributed by atoms with Gasteiger partial charge in [-0.1, -0.05) is 18.9 Å². The first-order chi connectivity index (χ1) is 18.2. The Morgan fingerprint density at radius 1 is 0.892 bits per heavy atom. The average molecular weight is 511 g/mol. The molecular formula is C30H30N4O2S.